The Morgan fingerprint density at radius 2 is 2.05 bits per heavy atom. The molecule has 2 aromatic rings. The Morgan fingerprint density at radius 3 is 2.73 bits per heavy atom. The summed E-state index contributed by atoms with van der Waals surface area (Å²) in [6, 6.07) is 3.55. The van der Waals surface area contributed by atoms with Crippen molar-refractivity contribution < 1.29 is 8.91 Å². The van der Waals surface area contributed by atoms with Crippen LogP contribution >= 0.6 is 0 Å². The summed E-state index contributed by atoms with van der Waals surface area (Å²) in [7, 11) is 0. The molecule has 22 heavy (non-hydrogen) atoms. The van der Waals surface area contributed by atoms with E-state index in [-0.39, 0.29) is 11.4 Å². The minimum atomic E-state index is -0.216. The summed E-state index contributed by atoms with van der Waals surface area (Å²) in [5.41, 5.74) is 1.30. The molecule has 0 radical (unpaired) electrons. The van der Waals surface area contributed by atoms with Gasteiger partial charge in [-0.3, -0.25) is 4.90 Å². The molecule has 4 heterocycles. The van der Waals surface area contributed by atoms with Crippen LogP contribution < -0.4 is 5.32 Å². The number of aromatic nitrogens is 1. The van der Waals surface area contributed by atoms with E-state index in [2.05, 4.69) is 29.2 Å². The van der Waals surface area contributed by atoms with E-state index < -0.39 is 0 Å². The monoisotopic (exact) mass is 303 g/mol. The van der Waals surface area contributed by atoms with E-state index in [1.165, 1.54) is 32.0 Å². The van der Waals surface area contributed by atoms with E-state index in [1.807, 2.05) is 0 Å². The van der Waals surface area contributed by atoms with Crippen LogP contribution in [0.2, 0.25) is 0 Å². The Bertz CT molecular complexity index is 716. The highest BCUT2D eigenvalue weighted by molar-refractivity contribution is 5.88. The summed E-state index contributed by atoms with van der Waals surface area (Å²) in [6.45, 7) is 8.64. The molecule has 3 aliphatic rings. The molecule has 1 atom stereocenters. The average Bonchev–Trinajstić information content (AvgIpc) is 2.86. The first kappa shape index (κ1) is 14.0. The van der Waals surface area contributed by atoms with E-state index >= 15 is 0 Å². The van der Waals surface area contributed by atoms with Crippen molar-refractivity contribution in [1.29, 1.82) is 0 Å². The fourth-order valence-corrected chi connectivity index (χ4v) is 4.19. The zero-order valence-corrected chi connectivity index (χ0v) is 13.3. The summed E-state index contributed by atoms with van der Waals surface area (Å²) in [6.07, 6.45) is 2.43. The number of fused-ring (bicyclic) bond motifs is 4. The molecule has 5 rings (SSSR count). The fourth-order valence-electron chi connectivity index (χ4n) is 4.19. The lowest BCUT2D eigenvalue weighted by atomic mass is 9.72. The van der Waals surface area contributed by atoms with E-state index in [0.29, 0.717) is 28.9 Å². The van der Waals surface area contributed by atoms with Gasteiger partial charge in [0.15, 0.2) is 11.4 Å². The van der Waals surface area contributed by atoms with Crippen molar-refractivity contribution in [3.8, 4) is 0 Å². The minimum absolute atomic E-state index is 0.0790. The molecule has 3 saturated heterocycles. The van der Waals surface area contributed by atoms with Gasteiger partial charge in [0.1, 0.15) is 5.82 Å². The Kier molecular flexibility index (Phi) is 2.98. The molecule has 0 aliphatic carbocycles. The number of nitrogens with one attached hydrogen (secondary N) is 1. The molecule has 2 bridgehead atoms. The molecule has 118 valence electrons. The number of nitrogens with zero attached hydrogens (tertiary/aromatic N) is 2. The second-order valence-corrected chi connectivity index (χ2v) is 7.23. The standard InChI is InChI=1S/C17H22FN3O/c1-10-8-14-12(9-13(10)18)16(20-22-14)19-15-11-4-6-21(7-5-11)17(15,2)3/h8-9,11,15H,4-7H2,1-3H3,(H,19,20)/t15-/m0/s1. The van der Waals surface area contributed by atoms with Gasteiger partial charge in [-0.25, -0.2) is 4.39 Å². The van der Waals surface area contributed by atoms with Crippen LogP contribution in [0.1, 0.15) is 32.3 Å². The molecule has 1 aromatic carbocycles. The number of anilines is 1. The normalized spacial score (nSPS) is 29.9. The topological polar surface area (TPSA) is 41.3 Å². The second-order valence-electron chi connectivity index (χ2n) is 7.23. The highest BCUT2D eigenvalue weighted by Crippen LogP contribution is 2.41. The van der Waals surface area contributed by atoms with Gasteiger partial charge in [-0.15, -0.1) is 0 Å². The molecular weight excluding hydrogens is 281 g/mol. The van der Waals surface area contributed by atoms with Crippen molar-refractivity contribution in [2.45, 2.75) is 45.2 Å². The molecule has 0 amide bonds. The van der Waals surface area contributed by atoms with Gasteiger partial charge in [-0.2, -0.15) is 0 Å². The number of hydrogen-bond acceptors (Lipinski definition) is 4. The largest absolute Gasteiger partial charge is 0.362 e. The minimum Gasteiger partial charge on any atom is -0.362 e. The number of benzene rings is 1. The molecule has 4 nitrogen and oxygen atoms in total. The molecule has 5 heteroatoms. The van der Waals surface area contributed by atoms with Gasteiger partial charge < -0.3 is 9.84 Å². The third-order valence-electron chi connectivity index (χ3n) is 5.63. The van der Waals surface area contributed by atoms with Gasteiger partial charge >= 0.3 is 0 Å². The number of rotatable bonds is 2. The number of halogens is 1. The van der Waals surface area contributed by atoms with Crippen LogP contribution in [0.4, 0.5) is 10.2 Å². The molecule has 1 aromatic heterocycles. The maximum atomic E-state index is 13.9. The number of piperidine rings is 3. The van der Waals surface area contributed by atoms with Gasteiger partial charge in [0, 0.05) is 11.6 Å². The number of aryl methyl sites for hydroxylation is 1. The first-order valence-electron chi connectivity index (χ1n) is 8.04. The maximum absolute atomic E-state index is 13.9. The summed E-state index contributed by atoms with van der Waals surface area (Å²) < 4.78 is 19.3. The molecule has 3 aliphatic heterocycles. The molecule has 0 spiro atoms. The lowest BCUT2D eigenvalue weighted by molar-refractivity contribution is -0.0189. The van der Waals surface area contributed by atoms with Crippen molar-refractivity contribution in [1.82, 2.24) is 10.1 Å². The van der Waals surface area contributed by atoms with Crippen molar-refractivity contribution in [3.05, 3.63) is 23.5 Å². The van der Waals surface area contributed by atoms with Crippen molar-refractivity contribution >= 4 is 16.8 Å². The third kappa shape index (κ3) is 1.95. The van der Waals surface area contributed by atoms with Crippen LogP contribution in [0, 0.1) is 18.7 Å². The quantitative estimate of drug-likeness (QED) is 0.921. The van der Waals surface area contributed by atoms with E-state index in [0.717, 1.165) is 5.39 Å². The lowest BCUT2D eigenvalue weighted by Gasteiger charge is -2.56. The van der Waals surface area contributed by atoms with Gasteiger partial charge in [-0.05, 0) is 70.3 Å². The Morgan fingerprint density at radius 1 is 1.32 bits per heavy atom. The third-order valence-corrected chi connectivity index (χ3v) is 5.63. The summed E-state index contributed by atoms with van der Waals surface area (Å²) >= 11 is 0. The zero-order chi connectivity index (χ0) is 15.5. The molecule has 0 saturated carbocycles. The first-order valence-corrected chi connectivity index (χ1v) is 8.04. The molecule has 1 N–H and O–H groups in total. The van der Waals surface area contributed by atoms with Crippen molar-refractivity contribution in [2.75, 3.05) is 18.4 Å². The summed E-state index contributed by atoms with van der Waals surface area (Å²) in [5, 5.41) is 8.44. The zero-order valence-electron chi connectivity index (χ0n) is 13.3. The number of hydrogen-bond donors (Lipinski definition) is 1. The van der Waals surface area contributed by atoms with E-state index in [1.54, 1.807) is 13.0 Å². The SMILES string of the molecule is Cc1cc2onc(N[C@H]3C4CCN(CC4)C3(C)C)c2cc1F. The van der Waals surface area contributed by atoms with Gasteiger partial charge in [0.25, 0.3) is 0 Å². The van der Waals surface area contributed by atoms with E-state index in [9.17, 15) is 4.39 Å². The molecular formula is C17H22FN3O. The molecule has 3 fully saturated rings. The van der Waals surface area contributed by atoms with Crippen LogP contribution in [-0.2, 0) is 0 Å². The van der Waals surface area contributed by atoms with Crippen LogP contribution in [0.15, 0.2) is 16.7 Å². The second kappa shape index (κ2) is 4.69. The van der Waals surface area contributed by atoms with Crippen molar-refractivity contribution in [2.24, 2.45) is 5.92 Å². The van der Waals surface area contributed by atoms with Crippen LogP contribution in [0.25, 0.3) is 11.0 Å². The smallest absolute Gasteiger partial charge is 0.177 e. The predicted octanol–water partition coefficient (Wildman–Crippen LogP) is 3.56. The average molecular weight is 303 g/mol. The van der Waals surface area contributed by atoms with E-state index in [4.69, 9.17) is 4.52 Å². The van der Waals surface area contributed by atoms with Crippen LogP contribution in [-0.4, -0.2) is 34.7 Å². The van der Waals surface area contributed by atoms with Gasteiger partial charge in [0.05, 0.1) is 5.39 Å². The highest BCUT2D eigenvalue weighted by Gasteiger charge is 2.47. The Hall–Kier alpha value is -1.62. The van der Waals surface area contributed by atoms with Gasteiger partial charge in [-0.1, -0.05) is 5.16 Å². The highest BCUT2D eigenvalue weighted by atomic mass is 19.1. The van der Waals surface area contributed by atoms with Crippen molar-refractivity contribution in [3.63, 3.8) is 0 Å². The fraction of sp³-hybridized carbons (Fsp3) is 0.588. The summed E-state index contributed by atoms with van der Waals surface area (Å²) in [4.78, 5) is 2.54. The molecule has 0 unspecified atom stereocenters. The van der Waals surface area contributed by atoms with Crippen LogP contribution in [0.5, 0.6) is 0 Å². The maximum Gasteiger partial charge on any atom is 0.177 e. The van der Waals surface area contributed by atoms with Gasteiger partial charge in [0.2, 0.25) is 0 Å². The summed E-state index contributed by atoms with van der Waals surface area (Å²) in [5.74, 6) is 1.09. The Balaban J connectivity index is 1.70. The predicted molar refractivity (Wildman–Crippen MR) is 84.5 cm³/mol. The first-order chi connectivity index (χ1) is 10.5. The Labute approximate surface area is 129 Å². The lowest BCUT2D eigenvalue weighted by Crippen LogP contribution is -2.66. The van der Waals surface area contributed by atoms with Crippen LogP contribution in [0.3, 0.4) is 0 Å².